The molecule has 1 aromatic rings. The van der Waals surface area contributed by atoms with Crippen LogP contribution >= 0.6 is 0 Å². The van der Waals surface area contributed by atoms with Crippen molar-refractivity contribution >= 4 is 11.4 Å². The molecule has 0 unspecified atom stereocenters. The highest BCUT2D eigenvalue weighted by atomic mass is 19.1. The van der Waals surface area contributed by atoms with Gasteiger partial charge in [-0.3, -0.25) is 0 Å². The van der Waals surface area contributed by atoms with Gasteiger partial charge in [0, 0.05) is 25.7 Å². The molecule has 18 heavy (non-hydrogen) atoms. The third-order valence-electron chi connectivity index (χ3n) is 3.08. The summed E-state index contributed by atoms with van der Waals surface area (Å²) in [6, 6.07) is 3.05. The van der Waals surface area contributed by atoms with E-state index in [0.717, 1.165) is 18.2 Å². The van der Waals surface area contributed by atoms with Gasteiger partial charge in [-0.2, -0.15) is 0 Å². The first-order valence-corrected chi connectivity index (χ1v) is 6.44. The van der Waals surface area contributed by atoms with E-state index in [-0.39, 0.29) is 11.9 Å². The maximum absolute atomic E-state index is 13.7. The van der Waals surface area contributed by atoms with Crippen molar-refractivity contribution in [2.75, 3.05) is 24.2 Å². The first-order chi connectivity index (χ1) is 8.47. The van der Waals surface area contributed by atoms with Gasteiger partial charge >= 0.3 is 0 Å². The molecule has 0 spiro atoms. The fraction of sp³-hybridized carbons (Fsp3) is 0.571. The van der Waals surface area contributed by atoms with E-state index in [0.29, 0.717) is 5.69 Å². The first-order valence-electron chi connectivity index (χ1n) is 6.44. The summed E-state index contributed by atoms with van der Waals surface area (Å²) in [5, 5.41) is 0. The minimum Gasteiger partial charge on any atom is -0.488 e. The molecule has 2 rings (SSSR count). The van der Waals surface area contributed by atoms with Gasteiger partial charge in [0.25, 0.3) is 0 Å². The van der Waals surface area contributed by atoms with Gasteiger partial charge in [-0.15, -0.1) is 0 Å². The van der Waals surface area contributed by atoms with Gasteiger partial charge in [0.15, 0.2) is 11.6 Å². The van der Waals surface area contributed by atoms with Crippen molar-refractivity contribution in [1.29, 1.82) is 0 Å². The summed E-state index contributed by atoms with van der Waals surface area (Å²) in [5.41, 5.74) is 7.19. The molecule has 0 atom stereocenters. The Hall–Kier alpha value is -1.45. The zero-order valence-corrected chi connectivity index (χ0v) is 11.2. The molecular formula is C14H21FN2O. The smallest absolute Gasteiger partial charge is 0.167 e. The highest BCUT2D eigenvalue weighted by molar-refractivity contribution is 5.69. The van der Waals surface area contributed by atoms with Gasteiger partial charge in [0.1, 0.15) is 0 Å². The number of anilines is 2. The van der Waals surface area contributed by atoms with Crippen molar-refractivity contribution in [3.8, 4) is 5.75 Å². The summed E-state index contributed by atoms with van der Waals surface area (Å²) in [6.45, 7) is 4.73. The SMILES string of the molecule is CC(C)Oc1cc(N(C)CC2CC2)c(N)cc1F. The van der Waals surface area contributed by atoms with Crippen LogP contribution in [0.25, 0.3) is 0 Å². The van der Waals surface area contributed by atoms with E-state index in [1.54, 1.807) is 6.07 Å². The van der Waals surface area contributed by atoms with Crippen LogP contribution in [0.15, 0.2) is 12.1 Å². The molecule has 0 saturated heterocycles. The quantitative estimate of drug-likeness (QED) is 0.819. The number of hydrogen-bond donors (Lipinski definition) is 1. The molecule has 4 heteroatoms. The molecule has 0 bridgehead atoms. The predicted octanol–water partition coefficient (Wildman–Crippen LogP) is 3.04. The molecule has 2 N–H and O–H groups in total. The molecule has 0 aromatic heterocycles. The fourth-order valence-corrected chi connectivity index (χ4v) is 2.02. The molecule has 0 radical (unpaired) electrons. The standard InChI is InChI=1S/C14H21FN2O/c1-9(2)18-14-7-13(12(16)6-11(14)15)17(3)8-10-4-5-10/h6-7,9-10H,4-5,8,16H2,1-3H3. The summed E-state index contributed by atoms with van der Waals surface area (Å²) in [5.74, 6) is 0.635. The minimum absolute atomic E-state index is 0.0512. The second-order valence-corrected chi connectivity index (χ2v) is 5.33. The van der Waals surface area contributed by atoms with Crippen LogP contribution in [0.2, 0.25) is 0 Å². The van der Waals surface area contributed by atoms with Crippen LogP contribution in [0.4, 0.5) is 15.8 Å². The van der Waals surface area contributed by atoms with Gasteiger partial charge < -0.3 is 15.4 Å². The van der Waals surface area contributed by atoms with Crippen molar-refractivity contribution in [3.63, 3.8) is 0 Å². The predicted molar refractivity (Wildman–Crippen MR) is 72.6 cm³/mol. The van der Waals surface area contributed by atoms with E-state index in [9.17, 15) is 4.39 Å². The van der Waals surface area contributed by atoms with Gasteiger partial charge in [-0.1, -0.05) is 0 Å². The summed E-state index contributed by atoms with van der Waals surface area (Å²) < 4.78 is 19.2. The largest absolute Gasteiger partial charge is 0.488 e. The van der Waals surface area contributed by atoms with Gasteiger partial charge in [-0.05, 0) is 32.6 Å². The van der Waals surface area contributed by atoms with Crippen LogP contribution in [0.1, 0.15) is 26.7 Å². The maximum atomic E-state index is 13.7. The average Bonchev–Trinajstić information content (AvgIpc) is 3.05. The van der Waals surface area contributed by atoms with Crippen molar-refractivity contribution in [3.05, 3.63) is 17.9 Å². The van der Waals surface area contributed by atoms with Crippen LogP contribution in [0, 0.1) is 11.7 Å². The summed E-state index contributed by atoms with van der Waals surface area (Å²) in [6.07, 6.45) is 2.51. The van der Waals surface area contributed by atoms with Gasteiger partial charge in [0.05, 0.1) is 17.5 Å². The second kappa shape index (κ2) is 5.04. The Morgan fingerprint density at radius 3 is 2.67 bits per heavy atom. The number of nitrogens with zero attached hydrogens (tertiary/aromatic N) is 1. The van der Waals surface area contributed by atoms with E-state index in [1.165, 1.54) is 18.9 Å². The molecule has 1 saturated carbocycles. The van der Waals surface area contributed by atoms with Crippen molar-refractivity contribution < 1.29 is 9.13 Å². The molecule has 1 aliphatic carbocycles. The van der Waals surface area contributed by atoms with Crippen molar-refractivity contribution in [2.45, 2.75) is 32.8 Å². The van der Waals surface area contributed by atoms with Crippen LogP contribution in [0.3, 0.4) is 0 Å². The number of rotatable bonds is 5. The Bertz CT molecular complexity index is 430. The number of nitrogens with two attached hydrogens (primary N) is 1. The Balaban J connectivity index is 2.21. The first kappa shape index (κ1) is 13.0. The van der Waals surface area contributed by atoms with Crippen molar-refractivity contribution in [1.82, 2.24) is 0 Å². The molecule has 3 nitrogen and oxygen atoms in total. The van der Waals surface area contributed by atoms with Gasteiger partial charge in [-0.25, -0.2) is 4.39 Å². The third kappa shape index (κ3) is 3.06. The van der Waals surface area contributed by atoms with Crippen LogP contribution < -0.4 is 15.4 Å². The summed E-state index contributed by atoms with van der Waals surface area (Å²) in [7, 11) is 1.99. The lowest BCUT2D eigenvalue weighted by atomic mass is 10.2. The third-order valence-corrected chi connectivity index (χ3v) is 3.08. The lowest BCUT2D eigenvalue weighted by Gasteiger charge is -2.22. The van der Waals surface area contributed by atoms with E-state index >= 15 is 0 Å². The Kier molecular flexibility index (Phi) is 3.64. The Morgan fingerprint density at radius 1 is 1.44 bits per heavy atom. The van der Waals surface area contributed by atoms with E-state index in [1.807, 2.05) is 20.9 Å². The number of benzene rings is 1. The number of nitrogen functional groups attached to an aromatic ring is 1. The van der Waals surface area contributed by atoms with Crippen molar-refractivity contribution in [2.24, 2.45) is 5.92 Å². The van der Waals surface area contributed by atoms with E-state index in [2.05, 4.69) is 4.90 Å². The lowest BCUT2D eigenvalue weighted by molar-refractivity contribution is 0.231. The molecular weight excluding hydrogens is 231 g/mol. The second-order valence-electron chi connectivity index (χ2n) is 5.33. The zero-order valence-electron chi connectivity index (χ0n) is 11.2. The monoisotopic (exact) mass is 252 g/mol. The topological polar surface area (TPSA) is 38.5 Å². The highest BCUT2D eigenvalue weighted by Crippen LogP contribution is 2.35. The molecule has 100 valence electrons. The highest BCUT2D eigenvalue weighted by Gasteiger charge is 2.24. The normalized spacial score (nSPS) is 14.9. The molecule has 1 aliphatic rings. The molecule has 0 heterocycles. The van der Waals surface area contributed by atoms with E-state index < -0.39 is 5.82 Å². The lowest BCUT2D eigenvalue weighted by Crippen LogP contribution is -2.21. The fourth-order valence-electron chi connectivity index (χ4n) is 2.02. The average molecular weight is 252 g/mol. The zero-order chi connectivity index (χ0) is 13.3. The molecule has 0 aliphatic heterocycles. The van der Waals surface area contributed by atoms with Crippen LogP contribution in [-0.2, 0) is 0 Å². The number of ether oxygens (including phenoxy) is 1. The number of halogens is 1. The molecule has 1 fully saturated rings. The summed E-state index contributed by atoms with van der Waals surface area (Å²) >= 11 is 0. The minimum atomic E-state index is -0.398. The van der Waals surface area contributed by atoms with E-state index in [4.69, 9.17) is 10.5 Å². The van der Waals surface area contributed by atoms with Crippen LogP contribution in [0.5, 0.6) is 5.75 Å². The maximum Gasteiger partial charge on any atom is 0.167 e. The van der Waals surface area contributed by atoms with Crippen LogP contribution in [-0.4, -0.2) is 19.7 Å². The molecule has 0 amide bonds. The number of hydrogen-bond acceptors (Lipinski definition) is 3. The molecule has 1 aromatic carbocycles. The van der Waals surface area contributed by atoms with Gasteiger partial charge in [0.2, 0.25) is 0 Å². The Labute approximate surface area is 108 Å². The Morgan fingerprint density at radius 2 is 2.11 bits per heavy atom. The summed E-state index contributed by atoms with van der Waals surface area (Å²) in [4.78, 5) is 2.08.